The van der Waals surface area contributed by atoms with Gasteiger partial charge in [0.2, 0.25) is 8.32 Å². The minimum atomic E-state index is -2.09. The van der Waals surface area contributed by atoms with E-state index in [-0.39, 0.29) is 6.10 Å². The summed E-state index contributed by atoms with van der Waals surface area (Å²) in [4.78, 5) is 11.9. The van der Waals surface area contributed by atoms with Gasteiger partial charge in [0.05, 0.1) is 15.3 Å². The van der Waals surface area contributed by atoms with E-state index in [1.165, 1.54) is 16.9 Å². The minimum absolute atomic E-state index is 0.135. The first-order valence-electron chi connectivity index (χ1n) is 9.68. The number of halogens is 1. The average molecular weight is 423 g/mol. The van der Waals surface area contributed by atoms with Crippen molar-refractivity contribution in [2.75, 3.05) is 0 Å². The fraction of sp³-hybridized carbons (Fsp3) is 0.500. The van der Waals surface area contributed by atoms with Gasteiger partial charge in [0.15, 0.2) is 6.29 Å². The molecule has 1 atom stereocenters. The third-order valence-corrected chi connectivity index (χ3v) is 12.9. The van der Waals surface area contributed by atoms with Gasteiger partial charge in [-0.1, -0.05) is 83.5 Å². The number of carbonyl (C=O) groups is 1. The van der Waals surface area contributed by atoms with Gasteiger partial charge in [0.25, 0.3) is 0 Å². The summed E-state index contributed by atoms with van der Waals surface area (Å²) in [7, 11) is -2.09. The lowest BCUT2D eigenvalue weighted by molar-refractivity contribution is 0.112. The molecule has 5 heteroatoms. The summed E-state index contributed by atoms with van der Waals surface area (Å²) in [6, 6.07) is 12.3. The van der Waals surface area contributed by atoms with Crippen molar-refractivity contribution in [3.05, 3.63) is 56.7 Å². The van der Waals surface area contributed by atoms with Gasteiger partial charge in [0.1, 0.15) is 0 Å². The van der Waals surface area contributed by atoms with Crippen LogP contribution in [0.3, 0.4) is 0 Å². The second-order valence-corrected chi connectivity index (χ2v) is 15.2. The van der Waals surface area contributed by atoms with E-state index in [4.69, 9.17) is 16.0 Å². The van der Waals surface area contributed by atoms with Gasteiger partial charge < -0.3 is 4.43 Å². The van der Waals surface area contributed by atoms with Crippen molar-refractivity contribution in [3.63, 3.8) is 0 Å². The van der Waals surface area contributed by atoms with Gasteiger partial charge in [-0.2, -0.15) is 0 Å². The van der Waals surface area contributed by atoms with Gasteiger partial charge in [-0.25, -0.2) is 0 Å². The van der Waals surface area contributed by atoms with Gasteiger partial charge in [-0.15, -0.1) is 11.3 Å². The number of thiophene rings is 1. The first kappa shape index (κ1) is 22.3. The number of hydrogen-bond acceptors (Lipinski definition) is 3. The molecule has 0 radical (unpaired) electrons. The van der Waals surface area contributed by atoms with Crippen LogP contribution < -0.4 is 0 Å². The molecule has 0 fully saturated rings. The monoisotopic (exact) mass is 422 g/mol. The molecule has 0 saturated carbocycles. The predicted molar refractivity (Wildman–Crippen MR) is 120 cm³/mol. The summed E-state index contributed by atoms with van der Waals surface area (Å²) in [6.45, 7) is 13.7. The zero-order valence-electron chi connectivity index (χ0n) is 17.2. The molecular weight excluding hydrogens is 392 g/mol. The average Bonchev–Trinajstić information content (AvgIpc) is 2.99. The molecule has 0 amide bonds. The SMILES string of the molecule is CC(C)[Si](OC(Cc1ccccc1)c1cc(C=O)sc1Cl)(C(C)C)C(C)C. The van der Waals surface area contributed by atoms with Crippen LogP contribution in [0.2, 0.25) is 21.0 Å². The molecule has 0 saturated heterocycles. The molecule has 0 aliphatic heterocycles. The van der Waals surface area contributed by atoms with Crippen molar-refractivity contribution in [1.29, 1.82) is 0 Å². The van der Waals surface area contributed by atoms with Crippen LogP contribution >= 0.6 is 22.9 Å². The number of aldehydes is 1. The van der Waals surface area contributed by atoms with E-state index in [2.05, 4.69) is 65.8 Å². The molecule has 2 aromatic rings. The van der Waals surface area contributed by atoms with Crippen molar-refractivity contribution >= 4 is 37.5 Å². The molecular formula is C22H31ClO2SSi. The predicted octanol–water partition coefficient (Wildman–Crippen LogP) is 7.69. The van der Waals surface area contributed by atoms with Gasteiger partial charge >= 0.3 is 0 Å². The van der Waals surface area contributed by atoms with Crippen molar-refractivity contribution in [3.8, 4) is 0 Å². The Hall–Kier alpha value is -0.943. The van der Waals surface area contributed by atoms with E-state index in [0.717, 1.165) is 18.3 Å². The fourth-order valence-corrected chi connectivity index (χ4v) is 11.1. The second kappa shape index (κ2) is 9.51. The van der Waals surface area contributed by atoms with Crippen LogP contribution in [-0.2, 0) is 10.8 Å². The Bertz CT molecular complexity index is 718. The van der Waals surface area contributed by atoms with Crippen LogP contribution in [-0.4, -0.2) is 14.6 Å². The highest BCUT2D eigenvalue weighted by Crippen LogP contribution is 2.47. The Morgan fingerprint density at radius 3 is 2.04 bits per heavy atom. The minimum Gasteiger partial charge on any atom is -0.409 e. The van der Waals surface area contributed by atoms with Crippen LogP contribution in [0.5, 0.6) is 0 Å². The molecule has 0 spiro atoms. The second-order valence-electron chi connectivity index (χ2n) is 8.11. The molecule has 148 valence electrons. The molecule has 27 heavy (non-hydrogen) atoms. The van der Waals surface area contributed by atoms with Crippen LogP contribution in [0.25, 0.3) is 0 Å². The van der Waals surface area contributed by atoms with E-state index >= 15 is 0 Å². The molecule has 0 N–H and O–H groups in total. The molecule has 1 unspecified atom stereocenters. The normalized spacial score (nSPS) is 13.6. The van der Waals surface area contributed by atoms with Gasteiger partial charge in [-0.3, -0.25) is 4.79 Å². The number of rotatable bonds is 9. The largest absolute Gasteiger partial charge is 0.409 e. The number of carbonyl (C=O) groups excluding carboxylic acids is 1. The Labute approximate surface area is 174 Å². The quantitative estimate of drug-likeness (QED) is 0.305. The Balaban J connectivity index is 2.50. The van der Waals surface area contributed by atoms with E-state index in [1.807, 2.05) is 12.1 Å². The first-order valence-corrected chi connectivity index (χ1v) is 13.0. The van der Waals surface area contributed by atoms with E-state index in [9.17, 15) is 4.79 Å². The van der Waals surface area contributed by atoms with Crippen molar-refractivity contribution in [2.24, 2.45) is 0 Å². The third kappa shape index (κ3) is 4.92. The Morgan fingerprint density at radius 1 is 1.04 bits per heavy atom. The lowest BCUT2D eigenvalue weighted by Crippen LogP contribution is -2.48. The van der Waals surface area contributed by atoms with E-state index < -0.39 is 8.32 Å². The standard InChI is InChI=1S/C22H31ClO2SSi/c1-15(2)27(16(3)4,17(5)6)25-21(12-18-10-8-7-9-11-18)20-13-19(14-24)26-22(20)23/h7-11,13-17,21H,12H2,1-6H3. The Morgan fingerprint density at radius 2 is 1.59 bits per heavy atom. The molecule has 0 aliphatic carbocycles. The zero-order valence-corrected chi connectivity index (χ0v) is 19.7. The fourth-order valence-electron chi connectivity index (χ4n) is 4.38. The smallest absolute Gasteiger partial charge is 0.201 e. The van der Waals surface area contributed by atoms with Crippen molar-refractivity contribution in [1.82, 2.24) is 0 Å². The van der Waals surface area contributed by atoms with Crippen molar-refractivity contribution in [2.45, 2.75) is 70.7 Å². The van der Waals surface area contributed by atoms with Crippen LogP contribution in [0.15, 0.2) is 36.4 Å². The van der Waals surface area contributed by atoms with Crippen LogP contribution in [0, 0.1) is 0 Å². The van der Waals surface area contributed by atoms with Crippen LogP contribution in [0.4, 0.5) is 0 Å². The molecule has 2 rings (SSSR count). The summed E-state index contributed by atoms with van der Waals surface area (Å²) in [5.74, 6) is 0. The van der Waals surface area contributed by atoms with E-state index in [1.54, 1.807) is 0 Å². The molecule has 1 aromatic carbocycles. The lowest BCUT2D eigenvalue weighted by Gasteiger charge is -2.44. The van der Waals surface area contributed by atoms with Crippen LogP contribution in [0.1, 0.15) is 68.4 Å². The van der Waals surface area contributed by atoms with Gasteiger partial charge in [0, 0.05) is 12.0 Å². The summed E-state index contributed by atoms with van der Waals surface area (Å²) in [5.41, 5.74) is 3.62. The summed E-state index contributed by atoms with van der Waals surface area (Å²) >= 11 is 7.88. The highest BCUT2D eigenvalue weighted by Gasteiger charge is 2.47. The highest BCUT2D eigenvalue weighted by molar-refractivity contribution is 7.17. The maximum absolute atomic E-state index is 11.3. The Kier molecular flexibility index (Phi) is 7.87. The van der Waals surface area contributed by atoms with Crippen molar-refractivity contribution < 1.29 is 9.22 Å². The summed E-state index contributed by atoms with van der Waals surface area (Å²) < 4.78 is 7.76. The zero-order chi connectivity index (χ0) is 20.2. The summed E-state index contributed by atoms with van der Waals surface area (Å²) in [5, 5.41) is 0. The van der Waals surface area contributed by atoms with Gasteiger partial charge in [-0.05, 0) is 28.3 Å². The topological polar surface area (TPSA) is 26.3 Å². The number of hydrogen-bond donors (Lipinski definition) is 0. The molecule has 1 aromatic heterocycles. The third-order valence-electron chi connectivity index (χ3n) is 5.51. The lowest BCUT2D eigenvalue weighted by atomic mass is 10.0. The maximum atomic E-state index is 11.3. The molecule has 0 bridgehead atoms. The first-order chi connectivity index (χ1) is 12.7. The highest BCUT2D eigenvalue weighted by atomic mass is 35.5. The maximum Gasteiger partial charge on any atom is 0.201 e. The molecule has 0 aliphatic rings. The summed E-state index contributed by atoms with van der Waals surface area (Å²) in [6.07, 6.45) is 1.50. The molecule has 2 nitrogen and oxygen atoms in total. The molecule has 1 heterocycles. The van der Waals surface area contributed by atoms with E-state index in [0.29, 0.717) is 25.8 Å². The number of benzene rings is 1.